The number of carbonyl (C=O) groups is 1. The van der Waals surface area contributed by atoms with Gasteiger partial charge in [-0.1, -0.05) is 53.2 Å². The van der Waals surface area contributed by atoms with Crippen molar-refractivity contribution in [3.63, 3.8) is 0 Å². The quantitative estimate of drug-likeness (QED) is 0.300. The van der Waals surface area contributed by atoms with Crippen LogP contribution in [-0.4, -0.2) is 32.5 Å². The van der Waals surface area contributed by atoms with E-state index < -0.39 is 6.10 Å². The van der Waals surface area contributed by atoms with Gasteiger partial charge in [-0.15, -0.1) is 6.58 Å². The summed E-state index contributed by atoms with van der Waals surface area (Å²) in [6.45, 7) is 8.84. The number of benzene rings is 1. The number of carbonyl (C=O) groups excluding carboxylic acids is 1. The Morgan fingerprint density at radius 1 is 1.31 bits per heavy atom. The van der Waals surface area contributed by atoms with Gasteiger partial charge in [0, 0.05) is 28.3 Å². The first-order valence-corrected chi connectivity index (χ1v) is 9.60. The van der Waals surface area contributed by atoms with Crippen molar-refractivity contribution in [3.05, 3.63) is 70.4 Å². The maximum absolute atomic E-state index is 12.0. The predicted octanol–water partition coefficient (Wildman–Crippen LogP) is 4.31. The van der Waals surface area contributed by atoms with Gasteiger partial charge >= 0.3 is 0 Å². The van der Waals surface area contributed by atoms with Crippen LogP contribution in [0.2, 0.25) is 0 Å². The maximum atomic E-state index is 12.0. The predicted molar refractivity (Wildman–Crippen MR) is 112 cm³/mol. The van der Waals surface area contributed by atoms with Gasteiger partial charge in [0.1, 0.15) is 6.10 Å². The molecule has 142 valence electrons. The minimum absolute atomic E-state index is 0.0406. The van der Waals surface area contributed by atoms with E-state index in [1.807, 2.05) is 44.3 Å². The first-order valence-electron chi connectivity index (χ1n) is 8.81. The molecule has 0 spiro atoms. The summed E-state index contributed by atoms with van der Waals surface area (Å²) in [4.78, 5) is 12.0. The molecule has 0 aromatic heterocycles. The van der Waals surface area contributed by atoms with E-state index in [-0.39, 0.29) is 6.04 Å². The fourth-order valence-corrected chi connectivity index (χ4v) is 2.69. The molecule has 1 aromatic carbocycles. The standard InChI is InChI=1S/C21H29BrN2O2/c1-5-7-8-13-26-21(17-9-11-18(22)12-10-17)19(15-25)20(14-23-4)24-16(3)6-2/h6-12,15-16,21,23-24H,2,5,13-14H2,1,3-4H3/b8-7-,20-19-. The zero-order valence-electron chi connectivity index (χ0n) is 15.8. The van der Waals surface area contributed by atoms with E-state index in [1.165, 1.54) is 0 Å². The highest BCUT2D eigenvalue weighted by Gasteiger charge is 2.21. The zero-order valence-corrected chi connectivity index (χ0v) is 17.4. The topological polar surface area (TPSA) is 50.4 Å². The lowest BCUT2D eigenvalue weighted by Gasteiger charge is -2.23. The summed E-state index contributed by atoms with van der Waals surface area (Å²) in [7, 11) is 1.85. The van der Waals surface area contributed by atoms with Crippen LogP contribution in [0.4, 0.5) is 0 Å². The van der Waals surface area contributed by atoms with Crippen molar-refractivity contribution in [1.29, 1.82) is 0 Å². The molecule has 4 nitrogen and oxygen atoms in total. The molecule has 2 N–H and O–H groups in total. The van der Waals surface area contributed by atoms with Crippen LogP contribution in [-0.2, 0) is 9.53 Å². The van der Waals surface area contributed by atoms with E-state index in [4.69, 9.17) is 4.74 Å². The minimum atomic E-state index is -0.449. The van der Waals surface area contributed by atoms with Crippen molar-refractivity contribution in [1.82, 2.24) is 10.6 Å². The SMILES string of the molecule is C=CC(C)N/C(CNC)=C(/C=O)C(OC/C=C\CC)c1ccc(Br)cc1. The lowest BCUT2D eigenvalue weighted by atomic mass is 9.99. The van der Waals surface area contributed by atoms with Gasteiger partial charge in [0.2, 0.25) is 0 Å². The van der Waals surface area contributed by atoms with Gasteiger partial charge in [0.25, 0.3) is 0 Å². The van der Waals surface area contributed by atoms with Crippen molar-refractivity contribution < 1.29 is 9.53 Å². The van der Waals surface area contributed by atoms with Crippen molar-refractivity contribution in [2.45, 2.75) is 32.4 Å². The Labute approximate surface area is 165 Å². The van der Waals surface area contributed by atoms with E-state index in [9.17, 15) is 4.79 Å². The van der Waals surface area contributed by atoms with Crippen LogP contribution in [0.15, 0.2) is 64.8 Å². The fraction of sp³-hybridized carbons (Fsp3) is 0.381. The van der Waals surface area contributed by atoms with Gasteiger partial charge in [-0.3, -0.25) is 4.79 Å². The van der Waals surface area contributed by atoms with Gasteiger partial charge in [0.05, 0.1) is 6.61 Å². The molecule has 0 radical (unpaired) electrons. The number of likely N-dealkylation sites (N-methyl/N-ethyl adjacent to an activating group) is 1. The molecular formula is C21H29BrN2O2. The number of halogens is 1. The molecule has 26 heavy (non-hydrogen) atoms. The lowest BCUT2D eigenvalue weighted by Crippen LogP contribution is -2.32. The molecule has 2 atom stereocenters. The molecule has 0 aliphatic rings. The Balaban J connectivity index is 3.28. The maximum Gasteiger partial charge on any atom is 0.150 e. The molecule has 5 heteroatoms. The molecule has 0 fully saturated rings. The Morgan fingerprint density at radius 2 is 2.00 bits per heavy atom. The van der Waals surface area contributed by atoms with E-state index >= 15 is 0 Å². The van der Waals surface area contributed by atoms with E-state index in [2.05, 4.69) is 46.1 Å². The van der Waals surface area contributed by atoms with Crippen LogP contribution < -0.4 is 10.6 Å². The summed E-state index contributed by atoms with van der Waals surface area (Å²) < 4.78 is 7.06. The second-order valence-electron chi connectivity index (χ2n) is 5.90. The molecular weight excluding hydrogens is 392 g/mol. The molecule has 0 heterocycles. The molecule has 0 aliphatic heterocycles. The summed E-state index contributed by atoms with van der Waals surface area (Å²) in [5.41, 5.74) is 2.32. The molecule has 0 saturated heterocycles. The van der Waals surface area contributed by atoms with Crippen LogP contribution in [0, 0.1) is 0 Å². The monoisotopic (exact) mass is 420 g/mol. The van der Waals surface area contributed by atoms with Gasteiger partial charge < -0.3 is 15.4 Å². The number of allylic oxidation sites excluding steroid dienone is 1. The first kappa shape index (κ1) is 22.4. The zero-order chi connectivity index (χ0) is 19.4. The summed E-state index contributed by atoms with van der Waals surface area (Å²) in [6, 6.07) is 7.88. The summed E-state index contributed by atoms with van der Waals surface area (Å²) >= 11 is 3.45. The molecule has 1 aromatic rings. The molecule has 2 unspecified atom stereocenters. The van der Waals surface area contributed by atoms with Crippen molar-refractivity contribution >= 4 is 22.2 Å². The average molecular weight is 421 g/mol. The van der Waals surface area contributed by atoms with Crippen molar-refractivity contribution in [2.75, 3.05) is 20.2 Å². The van der Waals surface area contributed by atoms with Crippen LogP contribution in [0.5, 0.6) is 0 Å². The number of hydrogen-bond donors (Lipinski definition) is 2. The van der Waals surface area contributed by atoms with E-state index in [0.717, 1.165) is 28.4 Å². The van der Waals surface area contributed by atoms with Gasteiger partial charge in [-0.05, 0) is 38.1 Å². The number of rotatable bonds is 12. The van der Waals surface area contributed by atoms with Crippen LogP contribution in [0.3, 0.4) is 0 Å². The third-order valence-electron chi connectivity index (χ3n) is 3.80. The smallest absolute Gasteiger partial charge is 0.150 e. The fourth-order valence-electron chi connectivity index (χ4n) is 2.43. The number of hydrogen-bond acceptors (Lipinski definition) is 4. The average Bonchev–Trinajstić information content (AvgIpc) is 2.65. The highest BCUT2D eigenvalue weighted by atomic mass is 79.9. The van der Waals surface area contributed by atoms with Crippen LogP contribution >= 0.6 is 15.9 Å². The summed E-state index contributed by atoms with van der Waals surface area (Å²) in [6.07, 6.45) is 7.21. The Hall–Kier alpha value is -1.69. The molecule has 0 bridgehead atoms. The van der Waals surface area contributed by atoms with Crippen molar-refractivity contribution in [3.8, 4) is 0 Å². The molecule has 0 aliphatic carbocycles. The van der Waals surface area contributed by atoms with Gasteiger partial charge in [-0.25, -0.2) is 0 Å². The van der Waals surface area contributed by atoms with Gasteiger partial charge in [-0.2, -0.15) is 0 Å². The van der Waals surface area contributed by atoms with Crippen LogP contribution in [0.25, 0.3) is 0 Å². The summed E-state index contributed by atoms with van der Waals surface area (Å²) in [5, 5.41) is 6.46. The molecule has 1 rings (SSSR count). The second kappa shape index (κ2) is 12.6. The lowest BCUT2D eigenvalue weighted by molar-refractivity contribution is -0.106. The van der Waals surface area contributed by atoms with E-state index in [1.54, 1.807) is 6.08 Å². The second-order valence-corrected chi connectivity index (χ2v) is 6.81. The minimum Gasteiger partial charge on any atom is -0.381 e. The highest BCUT2D eigenvalue weighted by Crippen LogP contribution is 2.28. The van der Waals surface area contributed by atoms with Crippen molar-refractivity contribution in [2.24, 2.45) is 0 Å². The number of aldehydes is 1. The van der Waals surface area contributed by atoms with E-state index in [0.29, 0.717) is 18.7 Å². The Bertz CT molecular complexity index is 623. The first-order chi connectivity index (χ1) is 12.6. The van der Waals surface area contributed by atoms with Gasteiger partial charge in [0.15, 0.2) is 6.29 Å². The Kier molecular flexibility index (Phi) is 10.9. The third-order valence-corrected chi connectivity index (χ3v) is 4.33. The normalized spacial score (nSPS) is 14.6. The summed E-state index contributed by atoms with van der Waals surface area (Å²) in [5.74, 6) is 0. The molecule has 0 amide bonds. The third kappa shape index (κ3) is 7.28. The largest absolute Gasteiger partial charge is 0.381 e. The Morgan fingerprint density at radius 3 is 2.54 bits per heavy atom. The van der Waals surface area contributed by atoms with Crippen LogP contribution in [0.1, 0.15) is 31.9 Å². The highest BCUT2D eigenvalue weighted by molar-refractivity contribution is 9.10. The number of ether oxygens (including phenoxy) is 1. The number of nitrogens with one attached hydrogen (secondary N) is 2. The molecule has 0 saturated carbocycles.